The Kier molecular flexibility index (Phi) is 83900. The molecular formula is C6HCuFeKN6. The van der Waals surface area contributed by atoms with Gasteiger partial charge in [0.25, 0.3) is 0 Å². The maximum Gasteiger partial charge on any atom is 6.00 e. The van der Waals surface area contributed by atoms with Crippen molar-refractivity contribution in [3.63, 3.8) is 0 Å². The minimum Gasteiger partial charge on any atom is -1.00 e. The summed E-state index contributed by atoms with van der Waals surface area (Å²) in [6.07, 6.45) is 0. The average Bonchev–Trinajstić information content (AvgIpc) is 2.33. The summed E-state index contributed by atoms with van der Waals surface area (Å²) >= 11 is 0. The molecular weight excluding hydrogens is 315 g/mol. The first-order valence-corrected chi connectivity index (χ1v) is 1.34. The third-order valence-electron chi connectivity index (χ3n) is 0. The molecule has 9 heteroatoms. The molecule has 0 aromatic carbocycles. The van der Waals surface area contributed by atoms with E-state index in [0.717, 1.165) is 0 Å². The molecule has 0 aliphatic heterocycles. The molecule has 0 saturated heterocycles. The van der Waals surface area contributed by atoms with Gasteiger partial charge in [-0.3, -0.25) is 0 Å². The Morgan fingerprint density at radius 1 is 0.467 bits per heavy atom. The van der Waals surface area contributed by atoms with Gasteiger partial charge in [0.15, 0.2) is 0 Å². The zero-order valence-electron chi connectivity index (χ0n) is 8.34. The predicted molar refractivity (Wildman–Crippen MR) is 30.9 cm³/mol. The minimum atomic E-state index is 0. The van der Waals surface area contributed by atoms with Crippen molar-refractivity contribution >= 4 is 0 Å². The normalized spacial score (nSPS) is 0.800. The third-order valence-corrected chi connectivity index (χ3v) is 0. The first kappa shape index (κ1) is 85.9. The second-order valence-corrected chi connectivity index (χ2v) is 0. The molecule has 0 rings (SSSR count). The molecule has 0 saturated carbocycles. The zero-order valence-corrected chi connectivity index (χ0v) is 12.5. The summed E-state index contributed by atoms with van der Waals surface area (Å²) in [5.41, 5.74) is 0. The smallest absolute Gasteiger partial charge is 1.00 e. The van der Waals surface area contributed by atoms with Gasteiger partial charge in [0.1, 0.15) is 0 Å². The number of rotatable bonds is 0. The van der Waals surface area contributed by atoms with Crippen LogP contribution in [0.25, 0.3) is 0 Å². The summed E-state index contributed by atoms with van der Waals surface area (Å²) in [7, 11) is 0. The molecule has 1 radical (unpaired) electrons. The average molecular weight is 316 g/mol. The first-order chi connectivity index (χ1) is 6.00. The van der Waals surface area contributed by atoms with E-state index in [1.807, 2.05) is 0 Å². The summed E-state index contributed by atoms with van der Waals surface area (Å²) in [6.45, 7) is 28.5. The fraction of sp³-hybridized carbons (Fsp3) is 0. The molecule has 0 aliphatic rings. The molecule has 0 bridgehead atoms. The van der Waals surface area contributed by atoms with Gasteiger partial charge in [-0.05, 0) is 0 Å². The maximum absolute atomic E-state index is 6.25. The van der Waals surface area contributed by atoms with Crippen molar-refractivity contribution in [3.05, 3.63) is 39.4 Å². The Labute approximate surface area is 156 Å². The van der Waals surface area contributed by atoms with Gasteiger partial charge in [-0.15, -0.1) is 0 Å². The van der Waals surface area contributed by atoms with Crippen LogP contribution in [0.15, 0.2) is 0 Å². The van der Waals surface area contributed by atoms with Crippen molar-refractivity contribution in [3.8, 4) is 0 Å². The van der Waals surface area contributed by atoms with Crippen LogP contribution in [-0.2, 0) is 34.1 Å². The predicted octanol–water partition coefficient (Wildman–Crippen LogP) is -2.31. The summed E-state index contributed by atoms with van der Waals surface area (Å²) in [5, 5.41) is 37.5. The Bertz CT molecular complexity index is 108. The SMILES string of the molecule is [C-]#N.[C-]#N.[C-]#N.[C-]#N.[C-]#N.[C-]#N.[Cu].[Fe+6].[H-].[K+]. The van der Waals surface area contributed by atoms with E-state index in [2.05, 4.69) is 0 Å². The van der Waals surface area contributed by atoms with Crippen LogP contribution in [0, 0.1) is 71.0 Å². The van der Waals surface area contributed by atoms with Crippen LogP contribution in [0.3, 0.4) is 0 Å². The van der Waals surface area contributed by atoms with Gasteiger partial charge in [0.05, 0.1) is 0 Å². The van der Waals surface area contributed by atoms with Crippen molar-refractivity contribution in [1.82, 2.24) is 0 Å². The van der Waals surface area contributed by atoms with Gasteiger partial charge in [0, 0.05) is 17.1 Å². The van der Waals surface area contributed by atoms with Gasteiger partial charge in [-0.25, -0.2) is 0 Å². The minimum absolute atomic E-state index is 0. The maximum atomic E-state index is 6.25. The Hall–Kier alpha value is -0.385. The third kappa shape index (κ3) is 12400. The fourth-order valence-corrected chi connectivity index (χ4v) is 0. The van der Waals surface area contributed by atoms with E-state index in [9.17, 15) is 0 Å². The van der Waals surface area contributed by atoms with Crippen LogP contribution in [0.1, 0.15) is 1.43 Å². The topological polar surface area (TPSA) is 143 Å². The summed E-state index contributed by atoms with van der Waals surface area (Å²) in [5.74, 6) is 0. The van der Waals surface area contributed by atoms with Crippen LogP contribution in [-0.4, -0.2) is 0 Å². The fourth-order valence-electron chi connectivity index (χ4n) is 0. The van der Waals surface area contributed by atoms with E-state index < -0.39 is 0 Å². The second-order valence-electron chi connectivity index (χ2n) is 0. The van der Waals surface area contributed by atoms with Crippen molar-refractivity contribution in [1.29, 1.82) is 31.6 Å². The van der Waals surface area contributed by atoms with Crippen LogP contribution in [0.2, 0.25) is 0 Å². The number of nitrogens with zero attached hydrogens (tertiary/aromatic N) is 6. The zero-order chi connectivity index (χ0) is 12.0. The largest absolute Gasteiger partial charge is 6.00 e. The van der Waals surface area contributed by atoms with Crippen molar-refractivity contribution in [2.45, 2.75) is 0 Å². The molecule has 15 heavy (non-hydrogen) atoms. The van der Waals surface area contributed by atoms with E-state index in [-0.39, 0.29) is 86.9 Å². The molecule has 0 N–H and O–H groups in total. The van der Waals surface area contributed by atoms with Gasteiger partial charge in [0.2, 0.25) is 0 Å². The number of hydrogen-bond donors (Lipinski definition) is 0. The molecule has 0 aromatic rings. The van der Waals surface area contributed by atoms with Crippen molar-refractivity contribution in [2.24, 2.45) is 0 Å². The molecule has 0 spiro atoms. The second kappa shape index (κ2) is 14600. The molecule has 0 fully saturated rings. The van der Waals surface area contributed by atoms with Gasteiger partial charge in [-0.2, -0.15) is 0 Å². The molecule has 0 aliphatic carbocycles. The van der Waals surface area contributed by atoms with E-state index in [1.54, 1.807) is 0 Å². The summed E-state index contributed by atoms with van der Waals surface area (Å²) < 4.78 is 0. The molecule has 0 aromatic heterocycles. The van der Waals surface area contributed by atoms with E-state index in [0.29, 0.717) is 0 Å². The molecule has 0 heterocycles. The summed E-state index contributed by atoms with van der Waals surface area (Å²) in [6, 6.07) is 0. The van der Waals surface area contributed by atoms with Crippen LogP contribution >= 0.6 is 0 Å². The number of hydrogen-bond acceptors (Lipinski definition) is 6. The molecule has 0 unspecified atom stereocenters. The molecule has 75 valence electrons. The van der Waals surface area contributed by atoms with Gasteiger partial charge < -0.3 is 72.4 Å². The molecule has 0 atom stereocenters. The van der Waals surface area contributed by atoms with E-state index in [1.165, 1.54) is 0 Å². The van der Waals surface area contributed by atoms with Crippen molar-refractivity contribution < 1.29 is 86.9 Å². The van der Waals surface area contributed by atoms with Crippen LogP contribution < -0.4 is 51.4 Å². The Morgan fingerprint density at radius 3 is 0.467 bits per heavy atom. The van der Waals surface area contributed by atoms with E-state index in [4.69, 9.17) is 71.0 Å². The van der Waals surface area contributed by atoms with Crippen molar-refractivity contribution in [2.75, 3.05) is 0 Å². The molecule has 6 nitrogen and oxygen atoms in total. The first-order valence-electron chi connectivity index (χ1n) is 1.34. The summed E-state index contributed by atoms with van der Waals surface area (Å²) in [4.78, 5) is 0. The van der Waals surface area contributed by atoms with Gasteiger partial charge >= 0.3 is 68.5 Å². The monoisotopic (exact) mass is 315 g/mol. The quantitative estimate of drug-likeness (QED) is 0.363. The molecule has 0 amide bonds. The standard InChI is InChI=1S/6CN.Cu.Fe.K.H/c6*1-2;;;;/q6*-1;;+6;+1;-1. The van der Waals surface area contributed by atoms with Crippen LogP contribution in [0.4, 0.5) is 0 Å². The Morgan fingerprint density at radius 2 is 0.467 bits per heavy atom. The van der Waals surface area contributed by atoms with Gasteiger partial charge in [-0.1, -0.05) is 0 Å². The Balaban J connectivity index is -0.00000000321. The van der Waals surface area contributed by atoms with E-state index >= 15 is 0 Å². The van der Waals surface area contributed by atoms with Crippen LogP contribution in [0.5, 0.6) is 0 Å².